The van der Waals surface area contributed by atoms with Crippen molar-refractivity contribution in [3.05, 3.63) is 83.7 Å². The van der Waals surface area contributed by atoms with Crippen LogP contribution in [0.2, 0.25) is 0 Å². The minimum atomic E-state index is -0.0937. The molecule has 3 aromatic rings. The molecule has 0 saturated carbocycles. The monoisotopic (exact) mass is 375 g/mol. The highest BCUT2D eigenvalue weighted by Gasteiger charge is 2.16. The van der Waals surface area contributed by atoms with E-state index in [-0.39, 0.29) is 12.5 Å². The summed E-state index contributed by atoms with van der Waals surface area (Å²) < 4.78 is 5.40. The quantitative estimate of drug-likeness (QED) is 0.667. The van der Waals surface area contributed by atoms with Crippen LogP contribution in [0, 0.1) is 13.8 Å². The van der Waals surface area contributed by atoms with Gasteiger partial charge in [0, 0.05) is 24.5 Å². The molecule has 0 bridgehead atoms. The van der Waals surface area contributed by atoms with Crippen molar-refractivity contribution < 1.29 is 9.53 Å². The number of rotatable bonds is 7. The average Bonchev–Trinajstić information content (AvgIpc) is 2.70. The van der Waals surface area contributed by atoms with Crippen LogP contribution in [0.1, 0.15) is 16.7 Å². The lowest BCUT2D eigenvalue weighted by molar-refractivity contribution is -0.115. The number of benzene rings is 2. The Morgan fingerprint density at radius 3 is 2.61 bits per heavy atom. The molecule has 5 heteroatoms. The van der Waals surface area contributed by atoms with Gasteiger partial charge < -0.3 is 15.0 Å². The normalized spacial score (nSPS) is 10.4. The number of amides is 1. The standard InChI is InChI=1S/C23H25N3O2/c1-17-7-4-5-8-19(17)15-26(22-13-21(28-3)11-10-18(22)2)16-23(27)25-20-9-6-12-24-14-20/h4-14H,15-16H2,1-3H3,(H,25,27). The smallest absolute Gasteiger partial charge is 0.243 e. The first-order valence-corrected chi connectivity index (χ1v) is 9.21. The lowest BCUT2D eigenvalue weighted by Gasteiger charge is -2.27. The van der Waals surface area contributed by atoms with Gasteiger partial charge in [0.05, 0.1) is 25.5 Å². The molecule has 144 valence electrons. The van der Waals surface area contributed by atoms with Gasteiger partial charge in [-0.1, -0.05) is 30.3 Å². The van der Waals surface area contributed by atoms with Crippen LogP contribution in [0.15, 0.2) is 67.0 Å². The maximum atomic E-state index is 12.7. The molecule has 0 aliphatic carbocycles. The zero-order valence-corrected chi connectivity index (χ0v) is 16.5. The molecule has 1 amide bonds. The van der Waals surface area contributed by atoms with Gasteiger partial charge >= 0.3 is 0 Å². The van der Waals surface area contributed by atoms with E-state index in [9.17, 15) is 4.79 Å². The predicted molar refractivity (Wildman–Crippen MR) is 113 cm³/mol. The fraction of sp³-hybridized carbons (Fsp3) is 0.217. The van der Waals surface area contributed by atoms with Crippen LogP contribution in [-0.4, -0.2) is 24.5 Å². The Bertz CT molecular complexity index is 942. The van der Waals surface area contributed by atoms with E-state index in [0.717, 1.165) is 17.0 Å². The molecular formula is C23H25N3O2. The van der Waals surface area contributed by atoms with E-state index >= 15 is 0 Å². The Balaban J connectivity index is 1.88. The molecule has 0 fully saturated rings. The number of nitrogens with one attached hydrogen (secondary N) is 1. The first kappa shape index (κ1) is 19.4. The van der Waals surface area contributed by atoms with Gasteiger partial charge in [-0.25, -0.2) is 0 Å². The van der Waals surface area contributed by atoms with E-state index < -0.39 is 0 Å². The summed E-state index contributed by atoms with van der Waals surface area (Å²) in [5.74, 6) is 0.673. The second-order valence-electron chi connectivity index (χ2n) is 6.72. The highest BCUT2D eigenvalue weighted by molar-refractivity contribution is 5.94. The maximum absolute atomic E-state index is 12.7. The summed E-state index contributed by atoms with van der Waals surface area (Å²) >= 11 is 0. The van der Waals surface area contributed by atoms with Crippen molar-refractivity contribution in [3.8, 4) is 5.75 Å². The minimum absolute atomic E-state index is 0.0937. The van der Waals surface area contributed by atoms with Crippen molar-refractivity contribution in [2.45, 2.75) is 20.4 Å². The van der Waals surface area contributed by atoms with E-state index in [1.54, 1.807) is 25.6 Å². The first-order valence-electron chi connectivity index (χ1n) is 9.21. The molecule has 2 aromatic carbocycles. The number of ether oxygens (including phenoxy) is 1. The maximum Gasteiger partial charge on any atom is 0.243 e. The van der Waals surface area contributed by atoms with Crippen molar-refractivity contribution in [2.75, 3.05) is 23.9 Å². The van der Waals surface area contributed by atoms with Gasteiger partial charge in [-0.15, -0.1) is 0 Å². The Morgan fingerprint density at radius 1 is 1.07 bits per heavy atom. The van der Waals surface area contributed by atoms with Gasteiger partial charge in [-0.05, 0) is 48.7 Å². The second-order valence-corrected chi connectivity index (χ2v) is 6.72. The van der Waals surface area contributed by atoms with E-state index in [2.05, 4.69) is 34.3 Å². The SMILES string of the molecule is COc1ccc(C)c(N(CC(=O)Nc2cccnc2)Cc2ccccc2C)c1. The Hall–Kier alpha value is -3.34. The fourth-order valence-electron chi connectivity index (χ4n) is 3.09. The summed E-state index contributed by atoms with van der Waals surface area (Å²) in [7, 11) is 1.65. The van der Waals surface area contributed by atoms with Crippen molar-refractivity contribution in [1.82, 2.24) is 4.98 Å². The fourth-order valence-corrected chi connectivity index (χ4v) is 3.09. The highest BCUT2D eigenvalue weighted by atomic mass is 16.5. The van der Waals surface area contributed by atoms with Crippen molar-refractivity contribution in [3.63, 3.8) is 0 Å². The van der Waals surface area contributed by atoms with E-state index in [1.807, 2.05) is 43.3 Å². The van der Waals surface area contributed by atoms with Gasteiger partial charge in [-0.2, -0.15) is 0 Å². The summed E-state index contributed by atoms with van der Waals surface area (Å²) in [6, 6.07) is 17.8. The lowest BCUT2D eigenvalue weighted by Crippen LogP contribution is -2.33. The van der Waals surface area contributed by atoms with Gasteiger partial charge in [0.25, 0.3) is 0 Å². The molecular weight excluding hydrogens is 350 g/mol. The number of hydrogen-bond donors (Lipinski definition) is 1. The van der Waals surface area contributed by atoms with Gasteiger partial charge in [0.2, 0.25) is 5.91 Å². The van der Waals surface area contributed by atoms with E-state index in [4.69, 9.17) is 4.74 Å². The summed E-state index contributed by atoms with van der Waals surface area (Å²) in [5, 5.41) is 2.92. The lowest BCUT2D eigenvalue weighted by atomic mass is 10.1. The molecule has 5 nitrogen and oxygen atoms in total. The first-order chi connectivity index (χ1) is 13.6. The zero-order chi connectivity index (χ0) is 19.9. The number of anilines is 2. The molecule has 0 saturated heterocycles. The number of hydrogen-bond acceptors (Lipinski definition) is 4. The second kappa shape index (κ2) is 9.04. The highest BCUT2D eigenvalue weighted by Crippen LogP contribution is 2.27. The van der Waals surface area contributed by atoms with Crippen LogP contribution in [0.5, 0.6) is 5.75 Å². The van der Waals surface area contributed by atoms with Crippen LogP contribution < -0.4 is 15.0 Å². The van der Waals surface area contributed by atoms with Crippen LogP contribution in [0.3, 0.4) is 0 Å². The molecule has 0 aliphatic heterocycles. The third-order valence-corrected chi connectivity index (χ3v) is 4.66. The number of nitrogens with zero attached hydrogens (tertiary/aromatic N) is 2. The number of carbonyl (C=O) groups excluding carboxylic acids is 1. The minimum Gasteiger partial charge on any atom is -0.497 e. The summed E-state index contributed by atoms with van der Waals surface area (Å²) in [5.41, 5.74) is 5.12. The molecule has 1 heterocycles. The molecule has 3 rings (SSSR count). The van der Waals surface area contributed by atoms with Gasteiger partial charge in [0.15, 0.2) is 0 Å². The molecule has 0 atom stereocenters. The molecule has 1 N–H and O–H groups in total. The zero-order valence-electron chi connectivity index (χ0n) is 16.5. The number of pyridine rings is 1. The average molecular weight is 375 g/mol. The third-order valence-electron chi connectivity index (χ3n) is 4.66. The Kier molecular flexibility index (Phi) is 6.27. The number of carbonyl (C=O) groups is 1. The van der Waals surface area contributed by atoms with Gasteiger partial charge in [0.1, 0.15) is 5.75 Å². The van der Waals surface area contributed by atoms with Crippen molar-refractivity contribution >= 4 is 17.3 Å². The van der Waals surface area contributed by atoms with Crippen LogP contribution in [-0.2, 0) is 11.3 Å². The molecule has 0 aliphatic rings. The van der Waals surface area contributed by atoms with Gasteiger partial charge in [-0.3, -0.25) is 9.78 Å². The van der Waals surface area contributed by atoms with E-state index in [1.165, 1.54) is 11.1 Å². The van der Waals surface area contributed by atoms with Crippen molar-refractivity contribution in [1.29, 1.82) is 0 Å². The topological polar surface area (TPSA) is 54.5 Å². The number of aryl methyl sites for hydroxylation is 2. The largest absolute Gasteiger partial charge is 0.497 e. The van der Waals surface area contributed by atoms with Crippen LogP contribution in [0.4, 0.5) is 11.4 Å². The summed E-state index contributed by atoms with van der Waals surface area (Å²) in [6.07, 6.45) is 3.32. The number of methoxy groups -OCH3 is 1. The molecule has 28 heavy (non-hydrogen) atoms. The molecule has 0 unspecified atom stereocenters. The van der Waals surface area contributed by atoms with E-state index in [0.29, 0.717) is 12.2 Å². The summed E-state index contributed by atoms with van der Waals surface area (Å²) in [6.45, 7) is 4.97. The molecule has 0 radical (unpaired) electrons. The van der Waals surface area contributed by atoms with Crippen LogP contribution >= 0.6 is 0 Å². The Labute approximate surface area is 166 Å². The molecule has 0 spiro atoms. The number of aromatic nitrogens is 1. The Morgan fingerprint density at radius 2 is 1.89 bits per heavy atom. The predicted octanol–water partition coefficient (Wildman–Crippen LogP) is 4.35. The summed E-state index contributed by atoms with van der Waals surface area (Å²) in [4.78, 5) is 18.8. The molecule has 1 aromatic heterocycles. The van der Waals surface area contributed by atoms with Crippen LogP contribution in [0.25, 0.3) is 0 Å². The van der Waals surface area contributed by atoms with Crippen molar-refractivity contribution in [2.24, 2.45) is 0 Å². The third kappa shape index (κ3) is 4.88.